The number of aldehydes is 1. The van der Waals surface area contributed by atoms with E-state index in [1.807, 2.05) is 60.7 Å². The zero-order chi connectivity index (χ0) is 25.4. The van der Waals surface area contributed by atoms with Gasteiger partial charge in [0.05, 0.1) is 0 Å². The summed E-state index contributed by atoms with van der Waals surface area (Å²) in [6.07, 6.45) is 0.125. The number of aliphatic carboxylic acids is 1. The molecule has 2 N–H and O–H groups in total. The minimum atomic E-state index is -1.10. The first-order valence-electron chi connectivity index (χ1n) is 11.2. The van der Waals surface area contributed by atoms with Gasteiger partial charge in [0.15, 0.2) is 6.29 Å². The van der Waals surface area contributed by atoms with E-state index in [1.165, 1.54) is 11.8 Å². The Morgan fingerprint density at radius 1 is 0.971 bits per heavy atom. The molecule has 0 fully saturated rings. The second-order valence-corrected chi connectivity index (χ2v) is 10.1. The maximum absolute atomic E-state index is 11.9. The first-order chi connectivity index (χ1) is 16.7. The molecule has 0 aliphatic heterocycles. The van der Waals surface area contributed by atoms with Crippen molar-refractivity contribution in [2.75, 3.05) is 5.75 Å². The molecule has 3 rings (SSSR count). The number of carbonyl (C=O) groups excluding carboxylic acids is 2. The molecule has 6 nitrogen and oxygen atoms in total. The second-order valence-electron chi connectivity index (χ2n) is 9.04. The molecule has 0 spiro atoms. The van der Waals surface area contributed by atoms with Crippen LogP contribution in [0.1, 0.15) is 36.7 Å². The SMILES string of the molecule is CC(C)(C)OC(=O)NC(CSCc1ccc(-c2cccc(-c3ccccc3C=O)c2)cc1)C(=O)O. The lowest BCUT2D eigenvalue weighted by Crippen LogP contribution is -2.44. The van der Waals surface area contributed by atoms with Crippen molar-refractivity contribution in [1.82, 2.24) is 5.32 Å². The van der Waals surface area contributed by atoms with Gasteiger partial charge in [-0.1, -0.05) is 66.7 Å². The summed E-state index contributed by atoms with van der Waals surface area (Å²) >= 11 is 1.42. The molecule has 1 amide bonds. The Hall–Kier alpha value is -3.58. The lowest BCUT2D eigenvalue weighted by atomic mass is 9.96. The van der Waals surface area contributed by atoms with E-state index >= 15 is 0 Å². The Bertz CT molecular complexity index is 1180. The highest BCUT2D eigenvalue weighted by Gasteiger charge is 2.23. The molecule has 35 heavy (non-hydrogen) atoms. The number of carboxylic acids is 1. The summed E-state index contributed by atoms with van der Waals surface area (Å²) < 4.78 is 5.15. The zero-order valence-corrected chi connectivity index (χ0v) is 20.8. The van der Waals surface area contributed by atoms with Crippen molar-refractivity contribution >= 4 is 30.1 Å². The van der Waals surface area contributed by atoms with Gasteiger partial charge in [-0.25, -0.2) is 9.59 Å². The molecule has 0 saturated carbocycles. The average molecular weight is 492 g/mol. The Morgan fingerprint density at radius 2 is 1.66 bits per heavy atom. The van der Waals surface area contributed by atoms with Crippen molar-refractivity contribution in [2.45, 2.75) is 38.2 Å². The van der Waals surface area contributed by atoms with E-state index in [-0.39, 0.29) is 5.75 Å². The number of ether oxygens (including phenoxy) is 1. The third kappa shape index (κ3) is 7.72. The molecule has 0 heterocycles. The Balaban J connectivity index is 1.62. The number of carboxylic acid groups (broad SMARTS) is 1. The van der Waals surface area contributed by atoms with Gasteiger partial charge in [0.2, 0.25) is 0 Å². The summed E-state index contributed by atoms with van der Waals surface area (Å²) in [6, 6.07) is 22.6. The molecule has 0 saturated heterocycles. The van der Waals surface area contributed by atoms with Crippen molar-refractivity contribution < 1.29 is 24.2 Å². The number of hydrogen-bond acceptors (Lipinski definition) is 5. The molecule has 0 aromatic heterocycles. The van der Waals surface area contributed by atoms with Gasteiger partial charge in [0.25, 0.3) is 0 Å². The molecular formula is C28H29NO5S. The van der Waals surface area contributed by atoms with E-state index in [9.17, 15) is 19.5 Å². The van der Waals surface area contributed by atoms with Crippen molar-refractivity contribution in [1.29, 1.82) is 0 Å². The van der Waals surface area contributed by atoms with Crippen LogP contribution in [-0.2, 0) is 15.3 Å². The molecule has 0 aliphatic rings. The summed E-state index contributed by atoms with van der Waals surface area (Å²) in [4.78, 5) is 34.8. The summed E-state index contributed by atoms with van der Waals surface area (Å²) in [5.41, 5.74) is 4.95. The monoisotopic (exact) mass is 491 g/mol. The maximum atomic E-state index is 11.9. The summed E-state index contributed by atoms with van der Waals surface area (Å²) in [6.45, 7) is 5.17. The van der Waals surface area contributed by atoms with Crippen LogP contribution in [0, 0.1) is 0 Å². The van der Waals surface area contributed by atoms with Gasteiger partial charge >= 0.3 is 12.1 Å². The normalized spacial score (nSPS) is 12.0. The van der Waals surface area contributed by atoms with E-state index < -0.39 is 23.7 Å². The molecule has 3 aromatic rings. The second kappa shape index (κ2) is 11.7. The topological polar surface area (TPSA) is 92.7 Å². The maximum Gasteiger partial charge on any atom is 0.408 e. The minimum absolute atomic E-state index is 0.217. The third-order valence-electron chi connectivity index (χ3n) is 5.09. The van der Waals surface area contributed by atoms with Gasteiger partial charge in [-0.2, -0.15) is 11.8 Å². The van der Waals surface area contributed by atoms with E-state index in [0.29, 0.717) is 11.3 Å². The highest BCUT2D eigenvalue weighted by atomic mass is 32.2. The van der Waals surface area contributed by atoms with E-state index in [4.69, 9.17) is 4.74 Å². The van der Waals surface area contributed by atoms with Crippen LogP contribution >= 0.6 is 11.8 Å². The van der Waals surface area contributed by atoms with Crippen molar-refractivity contribution in [3.63, 3.8) is 0 Å². The van der Waals surface area contributed by atoms with E-state index in [1.54, 1.807) is 26.8 Å². The Morgan fingerprint density at radius 3 is 2.31 bits per heavy atom. The lowest BCUT2D eigenvalue weighted by molar-refractivity contribution is -0.138. The standard InChI is InChI=1S/C28H29NO5S/c1-28(2,3)34-27(33)29-25(26(31)32)18-35-17-19-11-13-20(14-12-19)21-8-6-9-22(15-21)24-10-5-4-7-23(24)16-30/h4-16,25H,17-18H2,1-3H3,(H,29,33)(H,31,32). The first-order valence-corrected chi connectivity index (χ1v) is 12.4. The number of carbonyl (C=O) groups is 3. The van der Waals surface area contributed by atoms with Crippen LogP contribution in [0.25, 0.3) is 22.3 Å². The minimum Gasteiger partial charge on any atom is -0.480 e. The van der Waals surface area contributed by atoms with Crippen molar-refractivity contribution in [3.8, 4) is 22.3 Å². The molecule has 3 aromatic carbocycles. The van der Waals surface area contributed by atoms with Crippen LogP contribution in [0.4, 0.5) is 4.79 Å². The molecule has 182 valence electrons. The smallest absolute Gasteiger partial charge is 0.408 e. The first kappa shape index (κ1) is 26.0. The van der Waals surface area contributed by atoms with Crippen LogP contribution in [0.5, 0.6) is 0 Å². The summed E-state index contributed by atoms with van der Waals surface area (Å²) in [5.74, 6) is -0.281. The Labute approximate surface area is 209 Å². The number of hydrogen-bond donors (Lipinski definition) is 2. The number of benzene rings is 3. The third-order valence-corrected chi connectivity index (χ3v) is 6.20. The van der Waals surface area contributed by atoms with Crippen LogP contribution in [0.3, 0.4) is 0 Å². The largest absolute Gasteiger partial charge is 0.480 e. The van der Waals surface area contributed by atoms with Gasteiger partial charge in [0, 0.05) is 17.1 Å². The quantitative estimate of drug-likeness (QED) is 0.354. The fraction of sp³-hybridized carbons (Fsp3) is 0.250. The zero-order valence-electron chi connectivity index (χ0n) is 20.0. The van der Waals surface area contributed by atoms with E-state index in [2.05, 4.69) is 11.4 Å². The van der Waals surface area contributed by atoms with Gasteiger partial charge in [0.1, 0.15) is 11.6 Å². The molecule has 0 aliphatic carbocycles. The molecule has 0 bridgehead atoms. The van der Waals surface area contributed by atoms with Gasteiger partial charge in [-0.3, -0.25) is 4.79 Å². The van der Waals surface area contributed by atoms with Gasteiger partial charge in [-0.15, -0.1) is 0 Å². The number of rotatable bonds is 9. The molecule has 0 radical (unpaired) electrons. The highest BCUT2D eigenvalue weighted by Crippen LogP contribution is 2.28. The fourth-order valence-corrected chi connectivity index (χ4v) is 4.45. The Kier molecular flexibility index (Phi) is 8.71. The lowest BCUT2D eigenvalue weighted by Gasteiger charge is -2.21. The molecule has 7 heteroatoms. The predicted molar refractivity (Wildman–Crippen MR) is 140 cm³/mol. The van der Waals surface area contributed by atoms with Gasteiger partial charge < -0.3 is 15.2 Å². The molecule has 1 unspecified atom stereocenters. The molecular weight excluding hydrogens is 462 g/mol. The number of thioether (sulfide) groups is 1. The number of nitrogens with one attached hydrogen (secondary N) is 1. The average Bonchev–Trinajstić information content (AvgIpc) is 2.82. The van der Waals surface area contributed by atoms with Crippen molar-refractivity contribution in [2.24, 2.45) is 0 Å². The van der Waals surface area contributed by atoms with Gasteiger partial charge in [-0.05, 0) is 54.7 Å². The van der Waals surface area contributed by atoms with Crippen LogP contribution in [0.15, 0.2) is 72.8 Å². The number of alkyl carbamates (subject to hydrolysis) is 1. The van der Waals surface area contributed by atoms with Crippen LogP contribution in [-0.4, -0.2) is 40.9 Å². The fourth-order valence-electron chi connectivity index (χ4n) is 3.44. The molecule has 1 atom stereocenters. The van der Waals surface area contributed by atoms with Crippen molar-refractivity contribution in [3.05, 3.63) is 83.9 Å². The van der Waals surface area contributed by atoms with Crippen LogP contribution in [0.2, 0.25) is 0 Å². The number of amides is 1. The van der Waals surface area contributed by atoms with E-state index in [0.717, 1.165) is 34.1 Å². The summed E-state index contributed by atoms with van der Waals surface area (Å²) in [5, 5.41) is 11.8. The van der Waals surface area contributed by atoms with Crippen LogP contribution < -0.4 is 5.32 Å². The predicted octanol–water partition coefficient (Wildman–Crippen LogP) is 6.04. The highest BCUT2D eigenvalue weighted by molar-refractivity contribution is 7.98. The summed E-state index contributed by atoms with van der Waals surface area (Å²) in [7, 11) is 0.